The molecule has 3 rings (SSSR count). The second-order valence-corrected chi connectivity index (χ2v) is 6.53. The molecule has 0 aliphatic carbocycles. The van der Waals surface area contributed by atoms with Gasteiger partial charge >= 0.3 is 6.09 Å². The standard InChI is InChI=1S/C21H25FN2O2/c1-2-20(17-9-11-18(22)12-10-17)23-13-6-14-24(16-15-23)21(25)26-19-7-4-3-5-8-19/h3-5,7-12,20H,2,6,13-16H2,1H3. The Hall–Kier alpha value is -2.40. The highest BCUT2D eigenvalue weighted by Gasteiger charge is 2.25. The number of carbonyl (C=O) groups is 1. The molecule has 1 amide bonds. The summed E-state index contributed by atoms with van der Waals surface area (Å²) in [5.41, 5.74) is 1.12. The van der Waals surface area contributed by atoms with Crippen LogP contribution in [0.2, 0.25) is 0 Å². The third kappa shape index (κ3) is 4.61. The van der Waals surface area contributed by atoms with Crippen LogP contribution in [0.15, 0.2) is 54.6 Å². The molecule has 0 N–H and O–H groups in total. The van der Waals surface area contributed by atoms with Crippen molar-refractivity contribution in [1.82, 2.24) is 9.80 Å². The Balaban J connectivity index is 1.61. The van der Waals surface area contributed by atoms with Crippen molar-refractivity contribution in [2.75, 3.05) is 26.2 Å². The Kier molecular flexibility index (Phi) is 6.23. The molecule has 0 saturated carbocycles. The zero-order chi connectivity index (χ0) is 18.4. The predicted molar refractivity (Wildman–Crippen MR) is 99.7 cm³/mol. The minimum absolute atomic E-state index is 0.214. The first-order valence-electron chi connectivity index (χ1n) is 9.18. The molecular weight excluding hydrogens is 331 g/mol. The van der Waals surface area contributed by atoms with Crippen molar-refractivity contribution in [2.24, 2.45) is 0 Å². The van der Waals surface area contributed by atoms with Crippen molar-refractivity contribution in [3.05, 3.63) is 66.0 Å². The van der Waals surface area contributed by atoms with Gasteiger partial charge in [-0.15, -0.1) is 0 Å². The van der Waals surface area contributed by atoms with Gasteiger partial charge in [-0.25, -0.2) is 9.18 Å². The molecule has 1 fully saturated rings. The van der Waals surface area contributed by atoms with Crippen molar-refractivity contribution in [3.8, 4) is 5.75 Å². The summed E-state index contributed by atoms with van der Waals surface area (Å²) < 4.78 is 18.7. The van der Waals surface area contributed by atoms with E-state index in [2.05, 4.69) is 11.8 Å². The van der Waals surface area contributed by atoms with Gasteiger partial charge in [0, 0.05) is 32.2 Å². The third-order valence-electron chi connectivity index (χ3n) is 4.82. The van der Waals surface area contributed by atoms with Crippen molar-refractivity contribution in [3.63, 3.8) is 0 Å². The van der Waals surface area contributed by atoms with Gasteiger partial charge in [-0.05, 0) is 42.7 Å². The summed E-state index contributed by atoms with van der Waals surface area (Å²) in [6, 6.07) is 16.1. The van der Waals surface area contributed by atoms with Crippen molar-refractivity contribution in [2.45, 2.75) is 25.8 Å². The van der Waals surface area contributed by atoms with E-state index in [1.54, 1.807) is 17.0 Å². The number of rotatable bonds is 4. The lowest BCUT2D eigenvalue weighted by Gasteiger charge is -2.30. The number of nitrogens with zero attached hydrogens (tertiary/aromatic N) is 2. The molecule has 1 saturated heterocycles. The summed E-state index contributed by atoms with van der Waals surface area (Å²) in [6.45, 7) is 5.14. The number of ether oxygens (including phenoxy) is 1. The third-order valence-corrected chi connectivity index (χ3v) is 4.82. The minimum Gasteiger partial charge on any atom is -0.410 e. The van der Waals surface area contributed by atoms with Gasteiger partial charge in [-0.2, -0.15) is 0 Å². The van der Waals surface area contributed by atoms with Crippen LogP contribution >= 0.6 is 0 Å². The van der Waals surface area contributed by atoms with Crippen molar-refractivity contribution >= 4 is 6.09 Å². The molecule has 1 heterocycles. The van der Waals surface area contributed by atoms with Crippen LogP contribution in [0, 0.1) is 5.82 Å². The number of halogens is 1. The van der Waals surface area contributed by atoms with Crippen LogP contribution in [0.25, 0.3) is 0 Å². The monoisotopic (exact) mass is 356 g/mol. The second-order valence-electron chi connectivity index (χ2n) is 6.53. The van der Waals surface area contributed by atoms with Gasteiger partial charge in [0.25, 0.3) is 0 Å². The maximum atomic E-state index is 13.2. The summed E-state index contributed by atoms with van der Waals surface area (Å²) in [6.07, 6.45) is 1.54. The molecule has 1 aliphatic heterocycles. The molecule has 4 nitrogen and oxygen atoms in total. The Bertz CT molecular complexity index is 706. The molecule has 0 radical (unpaired) electrons. The average Bonchev–Trinajstić information content (AvgIpc) is 2.91. The molecule has 1 unspecified atom stereocenters. The molecule has 0 aromatic heterocycles. The molecule has 1 atom stereocenters. The largest absolute Gasteiger partial charge is 0.415 e. The van der Waals surface area contributed by atoms with E-state index in [0.717, 1.165) is 31.5 Å². The lowest BCUT2D eigenvalue weighted by molar-refractivity contribution is 0.150. The van der Waals surface area contributed by atoms with Crippen LogP contribution in [0.1, 0.15) is 31.4 Å². The Morgan fingerprint density at radius 1 is 1.04 bits per heavy atom. The van der Waals surface area contributed by atoms with Crippen LogP contribution in [-0.2, 0) is 0 Å². The van der Waals surface area contributed by atoms with Gasteiger partial charge in [0.1, 0.15) is 11.6 Å². The lowest BCUT2D eigenvalue weighted by atomic mass is 10.0. The molecule has 138 valence electrons. The van der Waals surface area contributed by atoms with Crippen LogP contribution in [0.5, 0.6) is 5.75 Å². The zero-order valence-electron chi connectivity index (χ0n) is 15.1. The second kappa shape index (κ2) is 8.81. The van der Waals surface area contributed by atoms with Crippen molar-refractivity contribution in [1.29, 1.82) is 0 Å². The van der Waals surface area contributed by atoms with E-state index >= 15 is 0 Å². The molecule has 0 spiro atoms. The fraction of sp³-hybridized carbons (Fsp3) is 0.381. The summed E-state index contributed by atoms with van der Waals surface area (Å²) in [5, 5.41) is 0. The van der Waals surface area contributed by atoms with Gasteiger partial charge in [0.05, 0.1) is 0 Å². The summed E-state index contributed by atoms with van der Waals surface area (Å²) >= 11 is 0. The number of para-hydroxylation sites is 1. The first-order chi connectivity index (χ1) is 12.7. The topological polar surface area (TPSA) is 32.8 Å². The molecule has 1 aliphatic rings. The maximum Gasteiger partial charge on any atom is 0.415 e. The van der Waals surface area contributed by atoms with Crippen molar-refractivity contribution < 1.29 is 13.9 Å². The summed E-state index contributed by atoms with van der Waals surface area (Å²) in [4.78, 5) is 16.6. The van der Waals surface area contributed by atoms with Gasteiger partial charge in [0.15, 0.2) is 0 Å². The van der Waals surface area contributed by atoms with E-state index in [0.29, 0.717) is 18.8 Å². The quantitative estimate of drug-likeness (QED) is 0.809. The van der Waals surface area contributed by atoms with E-state index in [9.17, 15) is 9.18 Å². The molecule has 2 aromatic carbocycles. The van der Waals surface area contributed by atoms with Gasteiger partial charge in [-0.1, -0.05) is 37.3 Å². The minimum atomic E-state index is -0.298. The van der Waals surface area contributed by atoms with E-state index in [-0.39, 0.29) is 18.0 Å². The first-order valence-corrected chi connectivity index (χ1v) is 9.18. The molecule has 0 bridgehead atoms. The Morgan fingerprint density at radius 3 is 2.46 bits per heavy atom. The van der Waals surface area contributed by atoms with Gasteiger partial charge in [0.2, 0.25) is 0 Å². The number of amides is 1. The normalized spacial score (nSPS) is 16.8. The number of benzene rings is 2. The molecule has 2 aromatic rings. The fourth-order valence-corrected chi connectivity index (χ4v) is 3.48. The number of hydrogen-bond donors (Lipinski definition) is 0. The van der Waals surface area contributed by atoms with E-state index in [1.165, 1.54) is 12.1 Å². The highest BCUT2D eigenvalue weighted by Crippen LogP contribution is 2.25. The maximum absolute atomic E-state index is 13.2. The Morgan fingerprint density at radius 2 is 1.77 bits per heavy atom. The van der Waals surface area contributed by atoms with Gasteiger partial charge < -0.3 is 9.64 Å². The average molecular weight is 356 g/mol. The van der Waals surface area contributed by atoms with Gasteiger partial charge in [-0.3, -0.25) is 4.90 Å². The zero-order valence-corrected chi connectivity index (χ0v) is 15.1. The van der Waals surface area contributed by atoms with E-state index < -0.39 is 0 Å². The van der Waals surface area contributed by atoms with Crippen LogP contribution < -0.4 is 4.74 Å². The summed E-state index contributed by atoms with van der Waals surface area (Å²) in [5.74, 6) is 0.352. The predicted octanol–water partition coefficient (Wildman–Crippen LogP) is 4.48. The molecule has 5 heteroatoms. The summed E-state index contributed by atoms with van der Waals surface area (Å²) in [7, 11) is 0. The van der Waals surface area contributed by atoms with Crippen LogP contribution in [0.4, 0.5) is 9.18 Å². The van der Waals surface area contributed by atoms with Crippen LogP contribution in [0.3, 0.4) is 0 Å². The number of hydrogen-bond acceptors (Lipinski definition) is 3. The van der Waals surface area contributed by atoms with Crippen LogP contribution in [-0.4, -0.2) is 42.1 Å². The SMILES string of the molecule is CCC(c1ccc(F)cc1)N1CCCN(C(=O)Oc2ccccc2)CC1. The molecule has 26 heavy (non-hydrogen) atoms. The number of carbonyl (C=O) groups excluding carboxylic acids is 1. The van der Waals surface area contributed by atoms with E-state index in [1.807, 2.05) is 30.3 Å². The fourth-order valence-electron chi connectivity index (χ4n) is 3.48. The Labute approximate surface area is 154 Å². The highest BCUT2D eigenvalue weighted by atomic mass is 19.1. The highest BCUT2D eigenvalue weighted by molar-refractivity contribution is 5.70. The van der Waals surface area contributed by atoms with E-state index in [4.69, 9.17) is 4.74 Å². The lowest BCUT2D eigenvalue weighted by Crippen LogP contribution is -2.37. The smallest absolute Gasteiger partial charge is 0.410 e. The first kappa shape index (κ1) is 18.4. The molecular formula is C21H25FN2O2.